The van der Waals surface area contributed by atoms with E-state index < -0.39 is 0 Å². The summed E-state index contributed by atoms with van der Waals surface area (Å²) < 4.78 is 18.0. The standard InChI is InChI=1S/C12H15FN2O2/c1-14(2)7-11-8-15(12(16)17-11)10-5-3-9(13)4-6-10/h3-6,11H,7-8H2,1-2H3. The van der Waals surface area contributed by atoms with E-state index >= 15 is 0 Å². The van der Waals surface area contributed by atoms with Crippen LogP contribution in [0, 0.1) is 5.82 Å². The third-order valence-corrected chi connectivity index (χ3v) is 2.58. The highest BCUT2D eigenvalue weighted by Gasteiger charge is 2.32. The molecule has 1 heterocycles. The van der Waals surface area contributed by atoms with Crippen molar-refractivity contribution in [2.24, 2.45) is 0 Å². The molecule has 1 aromatic rings. The normalized spacial score (nSPS) is 19.9. The van der Waals surface area contributed by atoms with Gasteiger partial charge in [0.15, 0.2) is 0 Å². The number of benzene rings is 1. The average molecular weight is 238 g/mol. The van der Waals surface area contributed by atoms with Crippen LogP contribution in [-0.2, 0) is 4.74 Å². The number of nitrogens with zero attached hydrogens (tertiary/aromatic N) is 2. The number of rotatable bonds is 3. The first-order chi connectivity index (χ1) is 8.06. The molecule has 1 aliphatic heterocycles. The van der Waals surface area contributed by atoms with Gasteiger partial charge in [-0.2, -0.15) is 0 Å². The van der Waals surface area contributed by atoms with Gasteiger partial charge in [0.25, 0.3) is 0 Å². The molecular weight excluding hydrogens is 223 g/mol. The highest BCUT2D eigenvalue weighted by Crippen LogP contribution is 2.21. The van der Waals surface area contributed by atoms with Crippen LogP contribution in [0.25, 0.3) is 0 Å². The van der Waals surface area contributed by atoms with E-state index in [2.05, 4.69) is 0 Å². The minimum atomic E-state index is -0.372. The van der Waals surface area contributed by atoms with E-state index in [1.165, 1.54) is 17.0 Å². The lowest BCUT2D eigenvalue weighted by Crippen LogP contribution is -2.30. The first-order valence-corrected chi connectivity index (χ1v) is 5.44. The molecule has 1 amide bonds. The van der Waals surface area contributed by atoms with Gasteiger partial charge in [-0.3, -0.25) is 4.90 Å². The summed E-state index contributed by atoms with van der Waals surface area (Å²) in [4.78, 5) is 15.1. The van der Waals surface area contributed by atoms with Gasteiger partial charge in [0.2, 0.25) is 0 Å². The molecule has 0 radical (unpaired) electrons. The zero-order chi connectivity index (χ0) is 12.4. The fourth-order valence-electron chi connectivity index (χ4n) is 1.86. The number of hydrogen-bond donors (Lipinski definition) is 0. The first-order valence-electron chi connectivity index (χ1n) is 5.44. The Morgan fingerprint density at radius 1 is 1.41 bits per heavy atom. The fraction of sp³-hybridized carbons (Fsp3) is 0.417. The third-order valence-electron chi connectivity index (χ3n) is 2.58. The molecule has 0 spiro atoms. The minimum absolute atomic E-state index is 0.137. The number of anilines is 1. The van der Waals surface area contributed by atoms with Gasteiger partial charge < -0.3 is 9.64 Å². The molecular formula is C12H15FN2O2. The van der Waals surface area contributed by atoms with Gasteiger partial charge >= 0.3 is 6.09 Å². The summed E-state index contributed by atoms with van der Waals surface area (Å²) >= 11 is 0. The van der Waals surface area contributed by atoms with E-state index in [0.29, 0.717) is 18.8 Å². The summed E-state index contributed by atoms with van der Waals surface area (Å²) in [6, 6.07) is 5.83. The molecule has 1 aliphatic rings. The van der Waals surface area contributed by atoms with Crippen molar-refractivity contribution in [1.82, 2.24) is 4.90 Å². The third kappa shape index (κ3) is 2.74. The van der Waals surface area contributed by atoms with Crippen molar-refractivity contribution in [2.75, 3.05) is 32.1 Å². The topological polar surface area (TPSA) is 32.8 Å². The molecule has 0 aliphatic carbocycles. The number of amides is 1. The molecule has 1 atom stereocenters. The molecule has 17 heavy (non-hydrogen) atoms. The van der Waals surface area contributed by atoms with Gasteiger partial charge in [0, 0.05) is 12.2 Å². The van der Waals surface area contributed by atoms with Crippen molar-refractivity contribution >= 4 is 11.8 Å². The van der Waals surface area contributed by atoms with E-state index in [4.69, 9.17) is 4.74 Å². The lowest BCUT2D eigenvalue weighted by atomic mass is 10.2. The molecule has 1 fully saturated rings. The lowest BCUT2D eigenvalue weighted by Gasteiger charge is -2.14. The molecule has 1 unspecified atom stereocenters. The maximum absolute atomic E-state index is 12.8. The van der Waals surface area contributed by atoms with Gasteiger partial charge in [-0.15, -0.1) is 0 Å². The fourth-order valence-corrected chi connectivity index (χ4v) is 1.86. The molecule has 5 heteroatoms. The summed E-state index contributed by atoms with van der Waals surface area (Å²) in [6.07, 6.45) is -0.508. The van der Waals surface area contributed by atoms with Gasteiger partial charge in [0.1, 0.15) is 11.9 Å². The van der Waals surface area contributed by atoms with E-state index in [-0.39, 0.29) is 18.0 Å². The van der Waals surface area contributed by atoms with Crippen LogP contribution in [0.5, 0.6) is 0 Å². The molecule has 1 aromatic carbocycles. The van der Waals surface area contributed by atoms with Gasteiger partial charge in [-0.05, 0) is 38.4 Å². The van der Waals surface area contributed by atoms with Crippen LogP contribution in [0.1, 0.15) is 0 Å². The smallest absolute Gasteiger partial charge is 0.414 e. The second-order valence-corrected chi connectivity index (χ2v) is 4.36. The molecule has 92 valence electrons. The van der Waals surface area contributed by atoms with Crippen LogP contribution in [0.3, 0.4) is 0 Å². The van der Waals surface area contributed by atoms with Crippen LogP contribution in [-0.4, -0.2) is 44.3 Å². The highest BCUT2D eigenvalue weighted by molar-refractivity contribution is 5.89. The Hall–Kier alpha value is -1.62. The van der Waals surface area contributed by atoms with E-state index in [1.807, 2.05) is 19.0 Å². The van der Waals surface area contributed by atoms with Gasteiger partial charge in [-0.25, -0.2) is 9.18 Å². The Kier molecular flexibility index (Phi) is 3.28. The Balaban J connectivity index is 2.07. The van der Waals surface area contributed by atoms with Crippen molar-refractivity contribution in [2.45, 2.75) is 6.10 Å². The molecule has 4 nitrogen and oxygen atoms in total. The maximum atomic E-state index is 12.8. The minimum Gasteiger partial charge on any atom is -0.443 e. The summed E-state index contributed by atoms with van der Waals surface area (Å²) in [7, 11) is 3.85. The van der Waals surface area contributed by atoms with Crippen LogP contribution in [0.15, 0.2) is 24.3 Å². The summed E-state index contributed by atoms with van der Waals surface area (Å²) in [5.74, 6) is -0.314. The van der Waals surface area contributed by atoms with E-state index in [1.54, 1.807) is 12.1 Å². The molecule has 1 saturated heterocycles. The Bertz CT molecular complexity index is 405. The monoisotopic (exact) mass is 238 g/mol. The summed E-state index contributed by atoms with van der Waals surface area (Å²) in [5, 5.41) is 0. The molecule has 0 saturated carbocycles. The van der Waals surface area contributed by atoms with E-state index in [9.17, 15) is 9.18 Å². The van der Waals surface area contributed by atoms with Crippen LogP contribution in [0.4, 0.5) is 14.9 Å². The molecule has 2 rings (SSSR count). The van der Waals surface area contributed by atoms with Crippen LogP contribution >= 0.6 is 0 Å². The first kappa shape index (κ1) is 11.9. The maximum Gasteiger partial charge on any atom is 0.414 e. The van der Waals surface area contributed by atoms with Crippen molar-refractivity contribution in [3.05, 3.63) is 30.1 Å². The largest absolute Gasteiger partial charge is 0.443 e. The summed E-state index contributed by atoms with van der Waals surface area (Å²) in [6.45, 7) is 1.19. The highest BCUT2D eigenvalue weighted by atomic mass is 19.1. The second-order valence-electron chi connectivity index (χ2n) is 4.36. The van der Waals surface area contributed by atoms with Crippen molar-refractivity contribution in [1.29, 1.82) is 0 Å². The molecule has 0 bridgehead atoms. The Morgan fingerprint density at radius 2 is 2.06 bits per heavy atom. The molecule has 0 aromatic heterocycles. The number of carbonyl (C=O) groups excluding carboxylic acids is 1. The number of carbonyl (C=O) groups is 1. The number of hydrogen-bond acceptors (Lipinski definition) is 3. The Morgan fingerprint density at radius 3 is 2.65 bits per heavy atom. The zero-order valence-corrected chi connectivity index (χ0v) is 9.89. The second kappa shape index (κ2) is 4.71. The van der Waals surface area contributed by atoms with Gasteiger partial charge in [0.05, 0.1) is 6.54 Å². The van der Waals surface area contributed by atoms with Crippen LogP contribution in [0.2, 0.25) is 0 Å². The Labute approximate surface area is 99.6 Å². The average Bonchev–Trinajstić information content (AvgIpc) is 2.59. The van der Waals surface area contributed by atoms with Crippen molar-refractivity contribution < 1.29 is 13.9 Å². The number of cyclic esters (lactones) is 1. The number of likely N-dealkylation sites (N-methyl/N-ethyl adjacent to an activating group) is 1. The summed E-state index contributed by atoms with van der Waals surface area (Å²) in [5.41, 5.74) is 0.664. The van der Waals surface area contributed by atoms with E-state index in [0.717, 1.165) is 0 Å². The van der Waals surface area contributed by atoms with Crippen molar-refractivity contribution in [3.63, 3.8) is 0 Å². The zero-order valence-electron chi connectivity index (χ0n) is 9.89. The number of halogens is 1. The van der Waals surface area contributed by atoms with Crippen molar-refractivity contribution in [3.8, 4) is 0 Å². The SMILES string of the molecule is CN(C)CC1CN(c2ccc(F)cc2)C(=O)O1. The van der Waals surface area contributed by atoms with Crippen LogP contribution < -0.4 is 4.90 Å². The quantitative estimate of drug-likeness (QED) is 0.803. The number of ether oxygens (including phenoxy) is 1. The van der Waals surface area contributed by atoms with Gasteiger partial charge in [-0.1, -0.05) is 0 Å². The predicted octanol–water partition coefficient (Wildman–Crippen LogP) is 1.71. The lowest BCUT2D eigenvalue weighted by molar-refractivity contribution is 0.123. The molecule has 0 N–H and O–H groups in total. The predicted molar refractivity (Wildman–Crippen MR) is 62.6 cm³/mol.